The molecule has 0 aliphatic carbocycles. The van der Waals surface area contributed by atoms with Crippen molar-refractivity contribution in [2.45, 2.75) is 38.0 Å². The van der Waals surface area contributed by atoms with E-state index in [0.717, 1.165) is 12.8 Å². The van der Waals surface area contributed by atoms with Crippen LogP contribution < -0.4 is 5.73 Å². The molecule has 0 radical (unpaired) electrons. The predicted octanol–water partition coefficient (Wildman–Crippen LogP) is -0.806. The Morgan fingerprint density at radius 1 is 1.43 bits per heavy atom. The number of hydrogen-bond donors (Lipinski definition) is 4. The van der Waals surface area contributed by atoms with Gasteiger partial charge in [0, 0.05) is 6.61 Å². The highest BCUT2D eigenvalue weighted by Gasteiger charge is 2.19. The summed E-state index contributed by atoms with van der Waals surface area (Å²) in [5, 5.41) is 27.0. The molecule has 2 atom stereocenters. The molecule has 0 aliphatic heterocycles. The fourth-order valence-electron chi connectivity index (χ4n) is 0.991. The van der Waals surface area contributed by atoms with Crippen LogP contribution in [0.1, 0.15) is 26.2 Å². The topological polar surface area (TPSA) is 95.9 Å². The Morgan fingerprint density at radius 3 is 2.57 bits per heavy atom. The zero-order chi connectivity index (χ0) is 11.0. The average Bonchev–Trinajstić information content (AvgIpc) is 2.13. The number of rotatable bonds is 8. The van der Waals surface area contributed by atoms with Gasteiger partial charge in [-0.25, -0.2) is 0 Å². The van der Waals surface area contributed by atoms with Gasteiger partial charge in [0.25, 0.3) is 0 Å². The first-order chi connectivity index (χ1) is 6.52. The molecule has 5 nitrogen and oxygen atoms in total. The summed E-state index contributed by atoms with van der Waals surface area (Å²) in [5.41, 5.74) is 3.54. The van der Waals surface area contributed by atoms with Crippen LogP contribution in [0.4, 0.5) is 0 Å². The minimum atomic E-state index is -1.67. The highest BCUT2D eigenvalue weighted by molar-refractivity contribution is 4.67. The molecule has 86 valence electrons. The van der Waals surface area contributed by atoms with E-state index in [4.69, 9.17) is 20.7 Å². The van der Waals surface area contributed by atoms with Gasteiger partial charge < -0.3 is 20.1 Å². The Bertz CT molecular complexity index is 141. The summed E-state index contributed by atoms with van der Waals surface area (Å²) >= 11 is 0. The van der Waals surface area contributed by atoms with Crippen LogP contribution in [0.25, 0.3) is 0 Å². The summed E-state index contributed by atoms with van der Waals surface area (Å²) in [6.07, 6.45) is 1.84. The van der Waals surface area contributed by atoms with Gasteiger partial charge in [-0.2, -0.15) is 0 Å². The van der Waals surface area contributed by atoms with Crippen LogP contribution in [0.5, 0.6) is 0 Å². The number of nitrogens with two attached hydrogens (primary N) is 1. The lowest BCUT2D eigenvalue weighted by molar-refractivity contribution is -0.0771. The zero-order valence-corrected chi connectivity index (χ0v) is 8.65. The summed E-state index contributed by atoms with van der Waals surface area (Å²) in [6, 6.07) is 0. The maximum atomic E-state index is 9.31. The maximum absolute atomic E-state index is 9.31. The first kappa shape index (κ1) is 13.8. The molecule has 0 spiro atoms. The molecule has 0 heterocycles. The van der Waals surface area contributed by atoms with Crippen molar-refractivity contribution < 1.29 is 20.1 Å². The highest BCUT2D eigenvalue weighted by atomic mass is 16.5. The Labute approximate surface area is 84.5 Å². The fourth-order valence-corrected chi connectivity index (χ4v) is 0.991. The van der Waals surface area contributed by atoms with Crippen molar-refractivity contribution in [2.75, 3.05) is 19.8 Å². The highest BCUT2D eigenvalue weighted by Crippen LogP contribution is 2.02. The molecule has 0 aliphatic rings. The normalized spacial score (nSPS) is 17.8. The van der Waals surface area contributed by atoms with Gasteiger partial charge >= 0.3 is 0 Å². The Balaban J connectivity index is 3.37. The molecule has 0 saturated carbocycles. The SMILES string of the molecule is CCC[C@H](O)CCOC[C@@](N)(O)CO. The van der Waals surface area contributed by atoms with Crippen molar-refractivity contribution in [3.63, 3.8) is 0 Å². The van der Waals surface area contributed by atoms with Crippen molar-refractivity contribution in [2.24, 2.45) is 5.73 Å². The molecule has 0 fully saturated rings. The van der Waals surface area contributed by atoms with Gasteiger partial charge in [-0.05, 0) is 12.8 Å². The largest absolute Gasteiger partial charge is 0.393 e. The standard InChI is InChI=1S/C9H21NO4/c1-2-3-8(12)4-5-14-7-9(10,13)6-11/h8,11-13H,2-7,10H2,1H3/t8-,9-/m0/s1. The van der Waals surface area contributed by atoms with Gasteiger partial charge in [0.15, 0.2) is 5.72 Å². The number of aliphatic hydroxyl groups excluding tert-OH is 2. The Hall–Kier alpha value is -0.200. The number of ether oxygens (including phenoxy) is 1. The van der Waals surface area contributed by atoms with Crippen molar-refractivity contribution in [3.8, 4) is 0 Å². The summed E-state index contributed by atoms with van der Waals surface area (Å²) in [6.45, 7) is 1.67. The molecule has 14 heavy (non-hydrogen) atoms. The third kappa shape index (κ3) is 7.23. The second-order valence-corrected chi connectivity index (χ2v) is 3.55. The third-order valence-corrected chi connectivity index (χ3v) is 1.84. The van der Waals surface area contributed by atoms with Gasteiger partial charge in [0.05, 0.1) is 19.3 Å². The maximum Gasteiger partial charge on any atom is 0.160 e. The van der Waals surface area contributed by atoms with Crippen molar-refractivity contribution in [3.05, 3.63) is 0 Å². The van der Waals surface area contributed by atoms with Gasteiger partial charge in [-0.1, -0.05) is 13.3 Å². The molecule has 0 aromatic carbocycles. The minimum absolute atomic E-state index is 0.123. The van der Waals surface area contributed by atoms with Crippen molar-refractivity contribution in [1.29, 1.82) is 0 Å². The Morgan fingerprint density at radius 2 is 2.07 bits per heavy atom. The quantitative estimate of drug-likeness (QED) is 0.308. The monoisotopic (exact) mass is 207 g/mol. The van der Waals surface area contributed by atoms with Crippen LogP contribution in [0.3, 0.4) is 0 Å². The van der Waals surface area contributed by atoms with E-state index in [9.17, 15) is 5.11 Å². The van der Waals surface area contributed by atoms with Gasteiger partial charge in [0.2, 0.25) is 0 Å². The van der Waals surface area contributed by atoms with Gasteiger partial charge in [-0.3, -0.25) is 5.73 Å². The number of hydrogen-bond acceptors (Lipinski definition) is 5. The van der Waals surface area contributed by atoms with E-state index in [1.165, 1.54) is 0 Å². The molecule has 0 saturated heterocycles. The van der Waals surface area contributed by atoms with Crippen LogP contribution in [0.15, 0.2) is 0 Å². The van der Waals surface area contributed by atoms with Crippen LogP contribution in [-0.2, 0) is 4.74 Å². The molecular formula is C9H21NO4. The van der Waals surface area contributed by atoms with E-state index in [1.807, 2.05) is 6.92 Å². The first-order valence-corrected chi connectivity index (χ1v) is 4.89. The average molecular weight is 207 g/mol. The van der Waals surface area contributed by atoms with Crippen LogP contribution in [-0.4, -0.2) is 47.0 Å². The van der Waals surface area contributed by atoms with E-state index in [-0.39, 0.29) is 12.7 Å². The third-order valence-electron chi connectivity index (χ3n) is 1.84. The van der Waals surface area contributed by atoms with Crippen LogP contribution >= 0.6 is 0 Å². The lowest BCUT2D eigenvalue weighted by Gasteiger charge is -2.20. The molecular weight excluding hydrogens is 186 g/mol. The summed E-state index contributed by atoms with van der Waals surface area (Å²) in [7, 11) is 0. The molecule has 0 bridgehead atoms. The lowest BCUT2D eigenvalue weighted by Crippen LogP contribution is -2.48. The van der Waals surface area contributed by atoms with Crippen molar-refractivity contribution in [1.82, 2.24) is 0 Å². The molecule has 0 amide bonds. The van der Waals surface area contributed by atoms with Crippen molar-refractivity contribution >= 4 is 0 Å². The summed E-state index contributed by atoms with van der Waals surface area (Å²) in [5.74, 6) is 0. The number of aliphatic hydroxyl groups is 3. The predicted molar refractivity (Wildman–Crippen MR) is 52.6 cm³/mol. The van der Waals surface area contributed by atoms with E-state index < -0.39 is 12.3 Å². The van der Waals surface area contributed by atoms with E-state index in [1.54, 1.807) is 0 Å². The van der Waals surface area contributed by atoms with Crippen LogP contribution in [0.2, 0.25) is 0 Å². The first-order valence-electron chi connectivity index (χ1n) is 4.89. The van der Waals surface area contributed by atoms with Crippen LogP contribution in [0, 0.1) is 0 Å². The molecule has 0 rings (SSSR count). The molecule has 0 aromatic rings. The lowest BCUT2D eigenvalue weighted by atomic mass is 10.1. The molecule has 0 aromatic heterocycles. The van der Waals surface area contributed by atoms with E-state index in [0.29, 0.717) is 13.0 Å². The molecule has 5 N–H and O–H groups in total. The summed E-state index contributed by atoms with van der Waals surface area (Å²) in [4.78, 5) is 0. The van der Waals surface area contributed by atoms with E-state index >= 15 is 0 Å². The second kappa shape index (κ2) is 7.14. The minimum Gasteiger partial charge on any atom is -0.393 e. The zero-order valence-electron chi connectivity index (χ0n) is 8.65. The van der Waals surface area contributed by atoms with Gasteiger partial charge in [-0.15, -0.1) is 0 Å². The van der Waals surface area contributed by atoms with Gasteiger partial charge in [0.1, 0.15) is 0 Å². The van der Waals surface area contributed by atoms with E-state index in [2.05, 4.69) is 0 Å². The fraction of sp³-hybridized carbons (Fsp3) is 1.00. The molecule has 0 unspecified atom stereocenters. The summed E-state index contributed by atoms with van der Waals surface area (Å²) < 4.78 is 5.01. The molecule has 5 heteroatoms. The smallest absolute Gasteiger partial charge is 0.160 e. The second-order valence-electron chi connectivity index (χ2n) is 3.55. The Kier molecular flexibility index (Phi) is 7.04.